The van der Waals surface area contributed by atoms with Gasteiger partial charge >= 0.3 is 6.18 Å². The molecule has 0 spiro atoms. The molecule has 1 heterocycles. The number of hydrogen-bond acceptors (Lipinski definition) is 5. The fraction of sp³-hybridized carbons (Fsp3) is 0.286. The molecule has 0 atom stereocenters. The van der Waals surface area contributed by atoms with Gasteiger partial charge in [0.25, 0.3) is 0 Å². The summed E-state index contributed by atoms with van der Waals surface area (Å²) in [4.78, 5) is 12.0. The lowest BCUT2D eigenvalue weighted by Crippen LogP contribution is -2.23. The summed E-state index contributed by atoms with van der Waals surface area (Å²) in [7, 11) is 0. The number of nitrogens with zero attached hydrogens (tertiary/aromatic N) is 2. The summed E-state index contributed by atoms with van der Waals surface area (Å²) in [6.07, 6.45) is -3.82. The lowest BCUT2D eigenvalue weighted by atomic mass is 10.1. The van der Waals surface area contributed by atoms with E-state index in [1.54, 1.807) is 24.3 Å². The molecule has 158 valence electrons. The van der Waals surface area contributed by atoms with Crippen LogP contribution in [0.2, 0.25) is 0 Å². The molecule has 6 nitrogen and oxygen atoms in total. The number of aromatic nitrogens is 2. The molecule has 0 aliphatic carbocycles. The molecule has 0 fully saturated rings. The molecule has 0 saturated carbocycles. The fourth-order valence-electron chi connectivity index (χ4n) is 2.60. The van der Waals surface area contributed by atoms with Crippen molar-refractivity contribution in [2.24, 2.45) is 0 Å². The van der Waals surface area contributed by atoms with E-state index in [2.05, 4.69) is 20.3 Å². The number of rotatable bonds is 9. The lowest BCUT2D eigenvalue weighted by molar-refractivity contribution is -0.176. The first-order valence-electron chi connectivity index (χ1n) is 9.26. The molecule has 3 aromatic rings. The number of hydrogen-bond donors (Lipinski definition) is 1. The van der Waals surface area contributed by atoms with Crippen molar-refractivity contribution in [1.29, 1.82) is 0 Å². The molecular weight excluding hydrogens is 399 g/mol. The van der Waals surface area contributed by atoms with Gasteiger partial charge in [0.2, 0.25) is 17.7 Å². The van der Waals surface area contributed by atoms with Crippen LogP contribution in [-0.2, 0) is 29.1 Å². The summed E-state index contributed by atoms with van der Waals surface area (Å²) in [6, 6.07) is 16.1. The van der Waals surface area contributed by atoms with Gasteiger partial charge < -0.3 is 14.5 Å². The molecule has 3 rings (SSSR count). The monoisotopic (exact) mass is 419 g/mol. The van der Waals surface area contributed by atoms with Gasteiger partial charge in [-0.05, 0) is 23.3 Å². The minimum absolute atomic E-state index is 0.124. The van der Waals surface area contributed by atoms with Crippen LogP contribution in [0.5, 0.6) is 0 Å². The second kappa shape index (κ2) is 10.0. The highest BCUT2D eigenvalue weighted by Crippen LogP contribution is 2.18. The standard InChI is InChI=1S/C21H20F3N3O3/c22-21(23,24)14-29-13-16-8-6-15(7-9-16)12-25-18(28)10-11-19-26-27-20(30-19)17-4-2-1-3-5-17/h1-9H,10-14H2,(H,25,28). The zero-order chi connectivity index (χ0) is 21.4. The molecule has 0 aliphatic heterocycles. The first kappa shape index (κ1) is 21.5. The van der Waals surface area contributed by atoms with Crippen LogP contribution in [0.3, 0.4) is 0 Å². The summed E-state index contributed by atoms with van der Waals surface area (Å²) >= 11 is 0. The Hall–Kier alpha value is -3.20. The number of halogens is 3. The minimum atomic E-state index is -4.34. The highest BCUT2D eigenvalue weighted by Gasteiger charge is 2.27. The van der Waals surface area contributed by atoms with Gasteiger partial charge in [0.15, 0.2) is 0 Å². The van der Waals surface area contributed by atoms with Crippen LogP contribution in [0, 0.1) is 0 Å². The van der Waals surface area contributed by atoms with E-state index in [1.807, 2.05) is 30.3 Å². The molecular formula is C21H20F3N3O3. The number of aryl methyl sites for hydroxylation is 1. The normalized spacial score (nSPS) is 11.4. The van der Waals surface area contributed by atoms with Crippen molar-refractivity contribution >= 4 is 5.91 Å². The molecule has 30 heavy (non-hydrogen) atoms. The first-order chi connectivity index (χ1) is 14.4. The van der Waals surface area contributed by atoms with E-state index in [4.69, 9.17) is 4.42 Å². The Morgan fingerprint density at radius 3 is 2.40 bits per heavy atom. The van der Waals surface area contributed by atoms with Gasteiger partial charge in [-0.15, -0.1) is 10.2 Å². The van der Waals surface area contributed by atoms with E-state index < -0.39 is 12.8 Å². The summed E-state index contributed by atoms with van der Waals surface area (Å²) in [5, 5.41) is 10.7. The van der Waals surface area contributed by atoms with Gasteiger partial charge in [-0.3, -0.25) is 4.79 Å². The van der Waals surface area contributed by atoms with Crippen LogP contribution in [-0.4, -0.2) is 28.9 Å². The topological polar surface area (TPSA) is 77.2 Å². The second-order valence-electron chi connectivity index (χ2n) is 6.57. The predicted octanol–water partition coefficient (Wildman–Crippen LogP) is 4.06. The Kier molecular flexibility index (Phi) is 7.18. The van der Waals surface area contributed by atoms with Gasteiger partial charge in [0.1, 0.15) is 6.61 Å². The maximum Gasteiger partial charge on any atom is 0.411 e. The lowest BCUT2D eigenvalue weighted by Gasteiger charge is -2.08. The number of nitrogens with one attached hydrogen (secondary N) is 1. The summed E-state index contributed by atoms with van der Waals surface area (Å²) in [5.74, 6) is 0.615. The second-order valence-corrected chi connectivity index (χ2v) is 6.57. The van der Waals surface area contributed by atoms with Crippen molar-refractivity contribution in [3.63, 3.8) is 0 Å². The zero-order valence-corrected chi connectivity index (χ0v) is 16.0. The van der Waals surface area contributed by atoms with E-state index in [1.165, 1.54) is 0 Å². The number of alkyl halides is 3. The van der Waals surface area contributed by atoms with Gasteiger partial charge in [0.05, 0.1) is 6.61 Å². The van der Waals surface area contributed by atoms with Crippen molar-refractivity contribution in [1.82, 2.24) is 15.5 Å². The van der Waals surface area contributed by atoms with Crippen molar-refractivity contribution < 1.29 is 27.1 Å². The smallest absolute Gasteiger partial charge is 0.411 e. The highest BCUT2D eigenvalue weighted by atomic mass is 19.4. The largest absolute Gasteiger partial charge is 0.421 e. The number of benzene rings is 2. The number of carbonyl (C=O) groups is 1. The quantitative estimate of drug-likeness (QED) is 0.566. The fourth-order valence-corrected chi connectivity index (χ4v) is 2.60. The Bertz CT molecular complexity index is 941. The third kappa shape index (κ3) is 7.00. The van der Waals surface area contributed by atoms with Crippen molar-refractivity contribution in [2.75, 3.05) is 6.61 Å². The van der Waals surface area contributed by atoms with E-state index in [-0.39, 0.29) is 18.9 Å². The van der Waals surface area contributed by atoms with E-state index >= 15 is 0 Å². The van der Waals surface area contributed by atoms with Crippen LogP contribution in [0.25, 0.3) is 11.5 Å². The number of amides is 1. The molecule has 0 radical (unpaired) electrons. The SMILES string of the molecule is O=C(CCc1nnc(-c2ccccc2)o1)NCc1ccc(COCC(F)(F)F)cc1. The summed E-state index contributed by atoms with van der Waals surface area (Å²) < 4.78 is 46.4. The molecule has 1 amide bonds. The van der Waals surface area contributed by atoms with Crippen molar-refractivity contribution in [3.05, 3.63) is 71.6 Å². The van der Waals surface area contributed by atoms with Crippen LogP contribution in [0.4, 0.5) is 13.2 Å². The molecule has 2 aromatic carbocycles. The van der Waals surface area contributed by atoms with Gasteiger partial charge in [-0.1, -0.05) is 42.5 Å². The van der Waals surface area contributed by atoms with E-state index in [9.17, 15) is 18.0 Å². The van der Waals surface area contributed by atoms with Crippen LogP contribution >= 0.6 is 0 Å². The van der Waals surface area contributed by atoms with E-state index in [0.717, 1.165) is 11.1 Å². The Labute approximate surface area is 171 Å². The minimum Gasteiger partial charge on any atom is -0.421 e. The zero-order valence-electron chi connectivity index (χ0n) is 16.0. The van der Waals surface area contributed by atoms with Crippen LogP contribution < -0.4 is 5.32 Å². The molecule has 9 heteroatoms. The maximum atomic E-state index is 12.1. The summed E-state index contributed by atoms with van der Waals surface area (Å²) in [6.45, 7) is -1.10. The van der Waals surface area contributed by atoms with E-state index in [0.29, 0.717) is 30.3 Å². The Balaban J connectivity index is 1.39. The molecule has 1 N–H and O–H groups in total. The molecule has 0 saturated heterocycles. The molecule has 0 aliphatic rings. The van der Waals surface area contributed by atoms with Crippen molar-refractivity contribution in [2.45, 2.75) is 32.2 Å². The number of ether oxygens (including phenoxy) is 1. The van der Waals surface area contributed by atoms with Gasteiger partial charge in [-0.25, -0.2) is 0 Å². The molecule has 1 aromatic heterocycles. The Morgan fingerprint density at radius 2 is 1.70 bits per heavy atom. The van der Waals surface area contributed by atoms with Crippen LogP contribution in [0.15, 0.2) is 59.0 Å². The van der Waals surface area contributed by atoms with Crippen molar-refractivity contribution in [3.8, 4) is 11.5 Å². The van der Waals surface area contributed by atoms with Gasteiger partial charge in [-0.2, -0.15) is 13.2 Å². The number of carbonyl (C=O) groups excluding carboxylic acids is 1. The third-order valence-electron chi connectivity index (χ3n) is 4.10. The third-order valence-corrected chi connectivity index (χ3v) is 4.10. The summed E-state index contributed by atoms with van der Waals surface area (Å²) in [5.41, 5.74) is 2.26. The predicted molar refractivity (Wildman–Crippen MR) is 102 cm³/mol. The first-order valence-corrected chi connectivity index (χ1v) is 9.26. The molecule has 0 bridgehead atoms. The van der Waals surface area contributed by atoms with Gasteiger partial charge in [0, 0.05) is 24.9 Å². The highest BCUT2D eigenvalue weighted by molar-refractivity contribution is 5.76. The maximum absolute atomic E-state index is 12.1. The molecule has 0 unspecified atom stereocenters. The average molecular weight is 419 g/mol. The van der Waals surface area contributed by atoms with Crippen LogP contribution in [0.1, 0.15) is 23.4 Å². The Morgan fingerprint density at radius 1 is 1.00 bits per heavy atom. The average Bonchev–Trinajstić information content (AvgIpc) is 3.20.